The molecule has 0 saturated heterocycles. The molecule has 0 saturated carbocycles. The van der Waals surface area contributed by atoms with Crippen LogP contribution in [0.15, 0.2) is 48.8 Å². The van der Waals surface area contributed by atoms with E-state index in [2.05, 4.69) is 18.4 Å². The molecule has 1 aliphatic heterocycles. The summed E-state index contributed by atoms with van der Waals surface area (Å²) in [5, 5.41) is 0. The van der Waals surface area contributed by atoms with E-state index in [1.54, 1.807) is 6.08 Å². The lowest BCUT2D eigenvalue weighted by atomic mass is 10.0. The Balaban J connectivity index is 2.20. The van der Waals surface area contributed by atoms with Gasteiger partial charge in [-0.1, -0.05) is 12.1 Å². The van der Waals surface area contributed by atoms with E-state index < -0.39 is 11.6 Å². The summed E-state index contributed by atoms with van der Waals surface area (Å²) >= 11 is 0. The predicted octanol–water partition coefficient (Wildman–Crippen LogP) is 3.93. The maximum atomic E-state index is 14.5. The van der Waals surface area contributed by atoms with E-state index in [9.17, 15) is 8.78 Å². The highest BCUT2D eigenvalue weighted by Crippen LogP contribution is 2.37. The van der Waals surface area contributed by atoms with Gasteiger partial charge in [-0.15, -0.1) is 0 Å². The molecule has 3 aromatic rings. The van der Waals surface area contributed by atoms with Gasteiger partial charge in [0, 0.05) is 12.1 Å². The van der Waals surface area contributed by atoms with Gasteiger partial charge in [0.2, 0.25) is 0 Å². The smallest absolute Gasteiger partial charge is 0.214 e. The van der Waals surface area contributed by atoms with Crippen molar-refractivity contribution in [1.82, 2.24) is 4.57 Å². The summed E-state index contributed by atoms with van der Waals surface area (Å²) < 4.78 is 32.1. The Bertz CT molecular complexity index is 936. The average molecular weight is 297 g/mol. The van der Waals surface area contributed by atoms with E-state index in [0.717, 1.165) is 17.4 Å². The van der Waals surface area contributed by atoms with Gasteiger partial charge in [0.1, 0.15) is 23.4 Å². The molecule has 0 spiro atoms. The van der Waals surface area contributed by atoms with Gasteiger partial charge in [-0.05, 0) is 37.6 Å². The van der Waals surface area contributed by atoms with Crippen molar-refractivity contribution in [3.63, 3.8) is 0 Å². The molecular formula is C18H15F2N2+. The number of hydrogen-bond donors (Lipinski definition) is 0. The fraction of sp³-hybridized carbons (Fsp3) is 0.167. The summed E-state index contributed by atoms with van der Waals surface area (Å²) in [7, 11) is 0. The minimum atomic E-state index is -0.559. The number of benzene rings is 1. The van der Waals surface area contributed by atoms with Crippen LogP contribution in [0.3, 0.4) is 0 Å². The Morgan fingerprint density at radius 3 is 2.77 bits per heavy atom. The van der Waals surface area contributed by atoms with E-state index in [4.69, 9.17) is 0 Å². The van der Waals surface area contributed by atoms with Gasteiger partial charge < -0.3 is 0 Å². The van der Waals surface area contributed by atoms with Crippen LogP contribution >= 0.6 is 0 Å². The highest BCUT2D eigenvalue weighted by Gasteiger charge is 2.34. The van der Waals surface area contributed by atoms with Crippen molar-refractivity contribution in [2.24, 2.45) is 0 Å². The Hall–Kier alpha value is -2.49. The first-order chi connectivity index (χ1) is 10.5. The molecule has 0 atom stereocenters. The van der Waals surface area contributed by atoms with Gasteiger partial charge in [0.15, 0.2) is 5.69 Å². The topological polar surface area (TPSA) is 9.03 Å². The van der Waals surface area contributed by atoms with Crippen molar-refractivity contribution in [1.29, 1.82) is 0 Å². The van der Waals surface area contributed by atoms with Crippen molar-refractivity contribution < 1.29 is 13.2 Å². The van der Waals surface area contributed by atoms with Gasteiger partial charge in [0.25, 0.3) is 5.65 Å². The second kappa shape index (κ2) is 4.26. The Morgan fingerprint density at radius 2 is 1.95 bits per heavy atom. The van der Waals surface area contributed by atoms with Crippen molar-refractivity contribution in [3.05, 3.63) is 66.0 Å². The number of allylic oxidation sites excluding steroid dienone is 1. The lowest BCUT2D eigenvalue weighted by molar-refractivity contribution is -0.510. The summed E-state index contributed by atoms with van der Waals surface area (Å²) in [6, 6.07) is 8.19. The van der Waals surface area contributed by atoms with E-state index in [-0.39, 0.29) is 5.54 Å². The standard InChI is InChI=1S/C18H15F2N2/c1-18(2)7-6-12-9-13(19)10-14(20)17(12)15-11-21-8-4-3-5-16(21)22(15)18/h3-11H,1-2H3/q+1. The molecule has 0 radical (unpaired) electrons. The van der Waals surface area contributed by atoms with Crippen LogP contribution in [0.25, 0.3) is 23.0 Å². The maximum absolute atomic E-state index is 14.5. The van der Waals surface area contributed by atoms with Crippen molar-refractivity contribution in [2.75, 3.05) is 0 Å². The van der Waals surface area contributed by atoms with Crippen LogP contribution in [-0.2, 0) is 5.54 Å². The number of halogens is 2. The Kier molecular flexibility index (Phi) is 2.55. The molecule has 0 unspecified atom stereocenters. The zero-order valence-electron chi connectivity index (χ0n) is 12.3. The van der Waals surface area contributed by atoms with Crippen LogP contribution in [0.5, 0.6) is 0 Å². The average Bonchev–Trinajstić information content (AvgIpc) is 2.79. The number of imidazole rings is 1. The molecule has 0 fully saturated rings. The third-order valence-corrected chi connectivity index (χ3v) is 4.19. The lowest BCUT2D eigenvalue weighted by Gasteiger charge is -2.18. The van der Waals surface area contributed by atoms with E-state index in [1.165, 1.54) is 6.07 Å². The fourth-order valence-corrected chi connectivity index (χ4v) is 3.20. The third-order valence-electron chi connectivity index (χ3n) is 4.19. The zero-order chi connectivity index (χ0) is 15.5. The SMILES string of the molecule is CC1(C)C=Cc2cc(F)cc(F)c2-c2c[n+]3ccccc3n21. The summed E-state index contributed by atoms with van der Waals surface area (Å²) in [6.07, 6.45) is 7.60. The molecule has 0 aliphatic carbocycles. The fourth-order valence-electron chi connectivity index (χ4n) is 3.20. The van der Waals surface area contributed by atoms with Gasteiger partial charge in [-0.25, -0.2) is 17.7 Å². The first-order valence-electron chi connectivity index (χ1n) is 7.18. The highest BCUT2D eigenvalue weighted by molar-refractivity contribution is 5.76. The quantitative estimate of drug-likeness (QED) is 0.556. The van der Waals surface area contributed by atoms with Crippen LogP contribution in [0, 0.1) is 11.6 Å². The second-order valence-electron chi connectivity index (χ2n) is 6.15. The monoisotopic (exact) mass is 297 g/mol. The highest BCUT2D eigenvalue weighted by atomic mass is 19.1. The molecule has 110 valence electrons. The maximum Gasteiger partial charge on any atom is 0.287 e. The number of fused-ring (bicyclic) bond motifs is 5. The molecule has 0 N–H and O–H groups in total. The summed E-state index contributed by atoms with van der Waals surface area (Å²) in [5.74, 6) is -1.10. The summed E-state index contributed by atoms with van der Waals surface area (Å²) in [4.78, 5) is 0. The number of aromatic nitrogens is 2. The number of rotatable bonds is 0. The second-order valence-corrected chi connectivity index (χ2v) is 6.15. The van der Waals surface area contributed by atoms with Crippen LogP contribution < -0.4 is 4.40 Å². The molecule has 0 amide bonds. The predicted molar refractivity (Wildman–Crippen MR) is 81.3 cm³/mol. The number of hydrogen-bond acceptors (Lipinski definition) is 0. The van der Waals surface area contributed by atoms with Crippen LogP contribution in [0.4, 0.5) is 8.78 Å². The van der Waals surface area contributed by atoms with E-state index in [0.29, 0.717) is 11.1 Å². The Morgan fingerprint density at radius 1 is 1.14 bits per heavy atom. The van der Waals surface area contributed by atoms with E-state index >= 15 is 0 Å². The number of nitrogens with zero attached hydrogens (tertiary/aromatic N) is 2. The minimum Gasteiger partial charge on any atom is -0.214 e. The molecule has 1 aromatic carbocycles. The molecule has 3 heterocycles. The first-order valence-corrected chi connectivity index (χ1v) is 7.18. The van der Waals surface area contributed by atoms with Crippen molar-refractivity contribution in [2.45, 2.75) is 19.4 Å². The van der Waals surface area contributed by atoms with Crippen LogP contribution in [0.1, 0.15) is 19.4 Å². The number of pyridine rings is 1. The molecule has 1 aliphatic rings. The van der Waals surface area contributed by atoms with Crippen molar-refractivity contribution in [3.8, 4) is 11.3 Å². The van der Waals surface area contributed by atoms with Gasteiger partial charge in [-0.3, -0.25) is 0 Å². The van der Waals surface area contributed by atoms with E-state index in [1.807, 2.05) is 41.1 Å². The molecule has 4 heteroatoms. The molecule has 22 heavy (non-hydrogen) atoms. The zero-order valence-corrected chi connectivity index (χ0v) is 12.3. The minimum absolute atomic E-state index is 0.354. The van der Waals surface area contributed by atoms with Crippen LogP contribution in [-0.4, -0.2) is 4.57 Å². The van der Waals surface area contributed by atoms with Crippen molar-refractivity contribution >= 4 is 11.7 Å². The molecule has 0 bridgehead atoms. The van der Waals surface area contributed by atoms with Gasteiger partial charge in [0.05, 0.1) is 11.8 Å². The molecule has 2 nitrogen and oxygen atoms in total. The van der Waals surface area contributed by atoms with Gasteiger partial charge in [-0.2, -0.15) is 0 Å². The molecular weight excluding hydrogens is 282 g/mol. The first kappa shape index (κ1) is 13.2. The normalized spacial score (nSPS) is 15.5. The van der Waals surface area contributed by atoms with Gasteiger partial charge >= 0.3 is 0 Å². The Labute approximate surface area is 126 Å². The summed E-state index contributed by atoms with van der Waals surface area (Å²) in [5.41, 5.74) is 2.35. The largest absolute Gasteiger partial charge is 0.287 e. The third kappa shape index (κ3) is 1.73. The summed E-state index contributed by atoms with van der Waals surface area (Å²) in [6.45, 7) is 4.11. The van der Waals surface area contributed by atoms with Crippen LogP contribution in [0.2, 0.25) is 0 Å². The molecule has 2 aromatic heterocycles. The lowest BCUT2D eigenvalue weighted by Crippen LogP contribution is -2.27. The molecule has 4 rings (SSSR count).